The lowest BCUT2D eigenvalue weighted by molar-refractivity contribution is 0.0510. The van der Waals surface area contributed by atoms with Gasteiger partial charge in [-0.1, -0.05) is 35.5 Å². The Morgan fingerprint density at radius 2 is 2.09 bits per heavy atom. The summed E-state index contributed by atoms with van der Waals surface area (Å²) in [4.78, 5) is 7.97. The molecule has 3 heterocycles. The summed E-state index contributed by atoms with van der Waals surface area (Å²) in [5, 5.41) is 17.7. The smallest absolute Gasteiger partial charge is 0.145 e. The molecule has 0 radical (unpaired) electrons. The van der Waals surface area contributed by atoms with Crippen molar-refractivity contribution in [2.24, 2.45) is 5.16 Å². The molecule has 0 bridgehead atoms. The molecular weight excluding hydrogens is 292 g/mol. The van der Waals surface area contributed by atoms with E-state index in [1.165, 1.54) is 11.3 Å². The van der Waals surface area contributed by atoms with Gasteiger partial charge in [-0.2, -0.15) is 5.10 Å². The van der Waals surface area contributed by atoms with Crippen molar-refractivity contribution in [3.05, 3.63) is 53.3 Å². The van der Waals surface area contributed by atoms with E-state index in [-0.39, 0.29) is 12.7 Å². The highest BCUT2D eigenvalue weighted by Crippen LogP contribution is 2.25. The van der Waals surface area contributed by atoms with Crippen LogP contribution in [-0.2, 0) is 24.5 Å². The summed E-state index contributed by atoms with van der Waals surface area (Å²) in [6.07, 6.45) is 2.86. The van der Waals surface area contributed by atoms with E-state index >= 15 is 0 Å². The maximum Gasteiger partial charge on any atom is 0.145 e. The van der Waals surface area contributed by atoms with Gasteiger partial charge in [0.1, 0.15) is 6.10 Å². The maximum absolute atomic E-state index is 9.09. The SMILES string of the molecule is OCCn1ncc2c1CN(CC1CC(c3ccccc3)=NO1)C2. The Morgan fingerprint density at radius 1 is 1.22 bits per heavy atom. The third kappa shape index (κ3) is 2.87. The van der Waals surface area contributed by atoms with Crippen LogP contribution in [0.15, 0.2) is 41.7 Å². The standard InChI is InChI=1S/C17H20N4O2/c22-7-6-21-17-12-20(10-14(17)9-18-21)11-15-8-16(19-23-15)13-4-2-1-3-5-13/h1-5,9,15,22H,6-8,10-12H2. The van der Waals surface area contributed by atoms with Gasteiger partial charge >= 0.3 is 0 Å². The Balaban J connectivity index is 1.35. The second-order valence-corrected chi connectivity index (χ2v) is 6.07. The van der Waals surface area contributed by atoms with Crippen molar-refractivity contribution >= 4 is 5.71 Å². The highest BCUT2D eigenvalue weighted by molar-refractivity contribution is 6.01. The summed E-state index contributed by atoms with van der Waals surface area (Å²) in [6.45, 7) is 3.28. The van der Waals surface area contributed by atoms with Gasteiger partial charge in [0.15, 0.2) is 0 Å². The largest absolute Gasteiger partial charge is 0.394 e. The van der Waals surface area contributed by atoms with E-state index in [0.717, 1.165) is 37.3 Å². The molecule has 2 aliphatic heterocycles. The fourth-order valence-electron chi connectivity index (χ4n) is 3.31. The summed E-state index contributed by atoms with van der Waals surface area (Å²) in [5.41, 5.74) is 4.62. The van der Waals surface area contributed by atoms with Crippen LogP contribution in [0.4, 0.5) is 0 Å². The molecule has 1 N–H and O–H groups in total. The first kappa shape index (κ1) is 14.4. The molecule has 0 aliphatic carbocycles. The van der Waals surface area contributed by atoms with Crippen molar-refractivity contribution in [2.75, 3.05) is 13.2 Å². The van der Waals surface area contributed by atoms with E-state index < -0.39 is 0 Å². The molecule has 23 heavy (non-hydrogen) atoms. The van der Waals surface area contributed by atoms with Gasteiger partial charge in [0, 0.05) is 31.6 Å². The minimum Gasteiger partial charge on any atom is -0.394 e. The van der Waals surface area contributed by atoms with Gasteiger partial charge in [0.05, 0.1) is 30.8 Å². The lowest BCUT2D eigenvalue weighted by Gasteiger charge is -2.18. The average Bonchev–Trinajstić information content (AvgIpc) is 3.27. The van der Waals surface area contributed by atoms with E-state index in [1.54, 1.807) is 0 Å². The Kier molecular flexibility index (Phi) is 3.85. The van der Waals surface area contributed by atoms with Crippen LogP contribution in [0.3, 0.4) is 0 Å². The van der Waals surface area contributed by atoms with Crippen molar-refractivity contribution in [3.63, 3.8) is 0 Å². The Hall–Kier alpha value is -2.18. The molecule has 1 aromatic carbocycles. The van der Waals surface area contributed by atoms with Crippen LogP contribution in [-0.4, -0.2) is 44.8 Å². The summed E-state index contributed by atoms with van der Waals surface area (Å²) in [6, 6.07) is 10.2. The summed E-state index contributed by atoms with van der Waals surface area (Å²) >= 11 is 0. The number of rotatable bonds is 5. The third-order valence-corrected chi connectivity index (χ3v) is 4.42. The molecule has 1 atom stereocenters. The first-order valence-electron chi connectivity index (χ1n) is 7.98. The fourth-order valence-corrected chi connectivity index (χ4v) is 3.31. The second-order valence-electron chi connectivity index (χ2n) is 6.07. The van der Waals surface area contributed by atoms with Gasteiger partial charge in [-0.05, 0) is 5.56 Å². The van der Waals surface area contributed by atoms with Crippen molar-refractivity contribution in [1.82, 2.24) is 14.7 Å². The first-order chi connectivity index (χ1) is 11.3. The van der Waals surface area contributed by atoms with Gasteiger partial charge < -0.3 is 9.94 Å². The van der Waals surface area contributed by atoms with Crippen LogP contribution >= 0.6 is 0 Å². The zero-order valence-corrected chi connectivity index (χ0v) is 12.9. The van der Waals surface area contributed by atoms with E-state index in [9.17, 15) is 0 Å². The minimum atomic E-state index is 0.105. The molecule has 1 unspecified atom stereocenters. The van der Waals surface area contributed by atoms with Crippen molar-refractivity contribution in [1.29, 1.82) is 0 Å². The zero-order valence-electron chi connectivity index (χ0n) is 12.9. The molecule has 2 aliphatic rings. The van der Waals surface area contributed by atoms with Crippen LogP contribution < -0.4 is 0 Å². The number of oxime groups is 1. The second kappa shape index (κ2) is 6.14. The van der Waals surface area contributed by atoms with E-state index in [4.69, 9.17) is 9.94 Å². The average molecular weight is 312 g/mol. The molecule has 2 aromatic rings. The molecular formula is C17H20N4O2. The van der Waals surface area contributed by atoms with Crippen molar-refractivity contribution in [3.8, 4) is 0 Å². The van der Waals surface area contributed by atoms with E-state index in [2.05, 4.69) is 27.3 Å². The maximum atomic E-state index is 9.09. The van der Waals surface area contributed by atoms with Gasteiger partial charge in [-0.15, -0.1) is 0 Å². The monoisotopic (exact) mass is 312 g/mol. The predicted molar refractivity (Wildman–Crippen MR) is 85.9 cm³/mol. The Labute approximate surface area is 135 Å². The summed E-state index contributed by atoms with van der Waals surface area (Å²) in [7, 11) is 0. The number of aliphatic hydroxyl groups excluding tert-OH is 1. The van der Waals surface area contributed by atoms with Gasteiger partial charge in [-0.3, -0.25) is 9.58 Å². The minimum absolute atomic E-state index is 0.105. The lowest BCUT2D eigenvalue weighted by atomic mass is 10.1. The number of hydrogen-bond acceptors (Lipinski definition) is 5. The molecule has 120 valence electrons. The van der Waals surface area contributed by atoms with Gasteiger partial charge in [0.2, 0.25) is 0 Å². The lowest BCUT2D eigenvalue weighted by Crippen LogP contribution is -2.29. The molecule has 0 spiro atoms. The summed E-state index contributed by atoms with van der Waals surface area (Å²) < 4.78 is 1.90. The number of aromatic nitrogens is 2. The normalized spacial score (nSPS) is 20.4. The Morgan fingerprint density at radius 3 is 2.91 bits per heavy atom. The molecule has 6 nitrogen and oxygen atoms in total. The van der Waals surface area contributed by atoms with Gasteiger partial charge in [0.25, 0.3) is 0 Å². The van der Waals surface area contributed by atoms with E-state index in [0.29, 0.717) is 6.54 Å². The van der Waals surface area contributed by atoms with Crippen LogP contribution in [0.2, 0.25) is 0 Å². The van der Waals surface area contributed by atoms with E-state index in [1.807, 2.05) is 29.1 Å². The highest BCUT2D eigenvalue weighted by Gasteiger charge is 2.29. The van der Waals surface area contributed by atoms with Crippen LogP contribution in [0.1, 0.15) is 23.2 Å². The molecule has 0 fully saturated rings. The van der Waals surface area contributed by atoms with Crippen LogP contribution in [0, 0.1) is 0 Å². The number of benzene rings is 1. The number of fused-ring (bicyclic) bond motifs is 1. The van der Waals surface area contributed by atoms with Gasteiger partial charge in [-0.25, -0.2) is 0 Å². The molecule has 0 amide bonds. The quantitative estimate of drug-likeness (QED) is 0.906. The topological polar surface area (TPSA) is 62.9 Å². The third-order valence-electron chi connectivity index (χ3n) is 4.42. The highest BCUT2D eigenvalue weighted by atomic mass is 16.6. The molecule has 4 rings (SSSR count). The molecule has 0 saturated heterocycles. The number of nitrogens with zero attached hydrogens (tertiary/aromatic N) is 4. The van der Waals surface area contributed by atoms with Crippen molar-refractivity contribution in [2.45, 2.75) is 32.2 Å². The van der Waals surface area contributed by atoms with Crippen molar-refractivity contribution < 1.29 is 9.94 Å². The predicted octanol–water partition coefficient (Wildman–Crippen LogP) is 1.38. The summed E-state index contributed by atoms with van der Waals surface area (Å²) in [5.74, 6) is 0. The number of hydrogen-bond donors (Lipinski definition) is 1. The molecule has 0 saturated carbocycles. The number of aliphatic hydroxyl groups is 1. The molecule has 1 aromatic heterocycles. The fraction of sp³-hybridized carbons (Fsp3) is 0.412. The first-order valence-corrected chi connectivity index (χ1v) is 7.98. The van der Waals surface area contributed by atoms with Crippen LogP contribution in [0.25, 0.3) is 0 Å². The molecule has 6 heteroatoms. The zero-order chi connectivity index (χ0) is 15.6. The van der Waals surface area contributed by atoms with Crippen LogP contribution in [0.5, 0.6) is 0 Å². The Bertz CT molecular complexity index is 711.